The summed E-state index contributed by atoms with van der Waals surface area (Å²) in [5.74, 6) is 0. The monoisotopic (exact) mass is 311 g/mol. The minimum atomic E-state index is 0.745. The van der Waals surface area contributed by atoms with Gasteiger partial charge in [-0.25, -0.2) is 0 Å². The molecule has 2 aromatic rings. The molecule has 23 heavy (non-hydrogen) atoms. The Morgan fingerprint density at radius 1 is 1.00 bits per heavy atom. The third-order valence-electron chi connectivity index (χ3n) is 4.37. The van der Waals surface area contributed by atoms with Crippen LogP contribution in [0.5, 0.6) is 0 Å². The van der Waals surface area contributed by atoms with Crippen molar-refractivity contribution in [3.8, 4) is 0 Å². The van der Waals surface area contributed by atoms with E-state index in [9.17, 15) is 0 Å². The molecule has 1 N–H and O–H groups in total. The second kappa shape index (κ2) is 8.04. The van der Waals surface area contributed by atoms with Gasteiger partial charge in [0.05, 0.1) is 5.69 Å². The summed E-state index contributed by atoms with van der Waals surface area (Å²) in [7, 11) is 0. The minimum absolute atomic E-state index is 0.745. The number of hydrogen-bond donors (Lipinski definition) is 1. The van der Waals surface area contributed by atoms with E-state index >= 15 is 0 Å². The zero-order chi connectivity index (χ0) is 15.9. The van der Waals surface area contributed by atoms with Crippen LogP contribution in [0, 0.1) is 0 Å². The first-order valence-corrected chi connectivity index (χ1v) is 8.37. The minimum Gasteiger partial charge on any atom is -0.369 e. The summed E-state index contributed by atoms with van der Waals surface area (Å²) in [5, 5.41) is 3.41. The molecule has 1 aliphatic rings. The van der Waals surface area contributed by atoms with E-state index in [1.807, 2.05) is 0 Å². The van der Waals surface area contributed by atoms with E-state index in [1.54, 1.807) is 18.6 Å². The largest absolute Gasteiger partial charge is 0.369 e. The Hall–Kier alpha value is -1.98. The first-order valence-electron chi connectivity index (χ1n) is 8.37. The summed E-state index contributed by atoms with van der Waals surface area (Å²) in [5.41, 5.74) is 3.60. The second-order valence-corrected chi connectivity index (χ2v) is 5.89. The highest BCUT2D eigenvalue weighted by molar-refractivity contribution is 5.48. The number of anilines is 1. The molecule has 0 unspecified atom stereocenters. The van der Waals surface area contributed by atoms with E-state index in [1.165, 1.54) is 11.3 Å². The van der Waals surface area contributed by atoms with Crippen LogP contribution in [0.25, 0.3) is 0 Å². The van der Waals surface area contributed by atoms with E-state index in [0.29, 0.717) is 0 Å². The molecule has 1 fully saturated rings. The van der Waals surface area contributed by atoms with Crippen molar-refractivity contribution in [2.75, 3.05) is 37.6 Å². The molecular weight excluding hydrogens is 286 g/mol. The lowest BCUT2D eigenvalue weighted by molar-refractivity contribution is 0.271. The smallest absolute Gasteiger partial charge is 0.0724 e. The molecule has 0 saturated carbocycles. The molecule has 1 aromatic heterocycles. The average molecular weight is 311 g/mol. The van der Waals surface area contributed by atoms with Crippen LogP contribution in [0.3, 0.4) is 0 Å². The number of likely N-dealkylation sites (N-methyl/N-ethyl adjacent to an activating group) is 1. The second-order valence-electron chi connectivity index (χ2n) is 5.89. The summed E-state index contributed by atoms with van der Waals surface area (Å²) in [6, 6.07) is 8.90. The summed E-state index contributed by atoms with van der Waals surface area (Å²) in [6.07, 6.45) is 5.22. The molecule has 122 valence electrons. The summed E-state index contributed by atoms with van der Waals surface area (Å²) >= 11 is 0. The summed E-state index contributed by atoms with van der Waals surface area (Å²) in [6.45, 7) is 9.56. The van der Waals surface area contributed by atoms with Crippen LogP contribution in [0.15, 0.2) is 42.9 Å². The Morgan fingerprint density at radius 2 is 1.78 bits per heavy atom. The first kappa shape index (κ1) is 15.9. The maximum absolute atomic E-state index is 4.26. The van der Waals surface area contributed by atoms with Crippen LogP contribution in [-0.4, -0.2) is 47.6 Å². The molecule has 0 radical (unpaired) electrons. The van der Waals surface area contributed by atoms with Crippen LogP contribution in [0.4, 0.5) is 5.69 Å². The maximum atomic E-state index is 4.26. The van der Waals surface area contributed by atoms with Crippen molar-refractivity contribution in [1.29, 1.82) is 0 Å². The van der Waals surface area contributed by atoms with Crippen molar-refractivity contribution in [3.63, 3.8) is 0 Å². The molecule has 5 nitrogen and oxygen atoms in total. The van der Waals surface area contributed by atoms with Gasteiger partial charge in [-0.15, -0.1) is 0 Å². The van der Waals surface area contributed by atoms with Crippen LogP contribution in [0.1, 0.15) is 18.2 Å². The Bertz CT molecular complexity index is 576. The topological polar surface area (TPSA) is 44.3 Å². The third-order valence-corrected chi connectivity index (χ3v) is 4.37. The van der Waals surface area contributed by atoms with Crippen LogP contribution in [0.2, 0.25) is 0 Å². The van der Waals surface area contributed by atoms with Crippen molar-refractivity contribution < 1.29 is 0 Å². The number of piperazine rings is 1. The van der Waals surface area contributed by atoms with E-state index in [-0.39, 0.29) is 0 Å². The molecule has 3 rings (SSSR count). The van der Waals surface area contributed by atoms with Crippen molar-refractivity contribution in [1.82, 2.24) is 20.2 Å². The van der Waals surface area contributed by atoms with Gasteiger partial charge in [0.1, 0.15) is 0 Å². The fraction of sp³-hybridized carbons (Fsp3) is 0.444. The number of hydrogen-bond acceptors (Lipinski definition) is 5. The molecule has 1 aliphatic heterocycles. The van der Waals surface area contributed by atoms with Gasteiger partial charge in [0.25, 0.3) is 0 Å². The molecule has 1 saturated heterocycles. The number of aromatic nitrogens is 2. The molecule has 0 spiro atoms. The first-order chi connectivity index (χ1) is 11.3. The quantitative estimate of drug-likeness (QED) is 0.883. The Balaban J connectivity index is 1.47. The predicted molar refractivity (Wildman–Crippen MR) is 93.3 cm³/mol. The fourth-order valence-electron chi connectivity index (χ4n) is 2.90. The van der Waals surface area contributed by atoms with Gasteiger partial charge in [-0.3, -0.25) is 9.97 Å². The molecule has 2 heterocycles. The molecule has 1 aromatic carbocycles. The lowest BCUT2D eigenvalue weighted by Crippen LogP contribution is -2.46. The van der Waals surface area contributed by atoms with Gasteiger partial charge >= 0.3 is 0 Å². The summed E-state index contributed by atoms with van der Waals surface area (Å²) < 4.78 is 0. The van der Waals surface area contributed by atoms with Crippen molar-refractivity contribution >= 4 is 5.69 Å². The van der Waals surface area contributed by atoms with Crippen molar-refractivity contribution in [3.05, 3.63) is 54.1 Å². The van der Waals surface area contributed by atoms with Gasteiger partial charge < -0.3 is 15.1 Å². The Labute approximate surface area is 138 Å². The zero-order valence-corrected chi connectivity index (χ0v) is 13.8. The van der Waals surface area contributed by atoms with Gasteiger partial charge in [0.2, 0.25) is 0 Å². The number of nitrogens with zero attached hydrogens (tertiary/aromatic N) is 4. The zero-order valence-electron chi connectivity index (χ0n) is 13.8. The van der Waals surface area contributed by atoms with Crippen molar-refractivity contribution in [2.45, 2.75) is 20.0 Å². The standard InChI is InChI=1S/C18H25N5/c1-2-22-9-11-23(12-10-22)18-5-3-16(4-6-18)13-20-15-17-14-19-7-8-21-17/h3-8,14,20H,2,9-13,15H2,1H3. The van der Waals surface area contributed by atoms with Crippen molar-refractivity contribution in [2.24, 2.45) is 0 Å². The number of benzene rings is 1. The molecule has 0 atom stereocenters. The number of rotatable bonds is 6. The van der Waals surface area contributed by atoms with Gasteiger partial charge in [0, 0.05) is 63.5 Å². The normalized spacial score (nSPS) is 15.8. The van der Waals surface area contributed by atoms with E-state index in [4.69, 9.17) is 0 Å². The van der Waals surface area contributed by atoms with E-state index < -0.39 is 0 Å². The fourth-order valence-corrected chi connectivity index (χ4v) is 2.90. The van der Waals surface area contributed by atoms with Gasteiger partial charge in [-0.05, 0) is 24.2 Å². The predicted octanol–water partition coefficient (Wildman–Crippen LogP) is 1.91. The molecule has 5 heteroatoms. The highest BCUT2D eigenvalue weighted by atomic mass is 15.3. The van der Waals surface area contributed by atoms with Crippen LogP contribution < -0.4 is 10.2 Å². The molecule has 0 bridgehead atoms. The van der Waals surface area contributed by atoms with E-state index in [2.05, 4.69) is 56.3 Å². The maximum Gasteiger partial charge on any atom is 0.0724 e. The highest BCUT2D eigenvalue weighted by Crippen LogP contribution is 2.17. The molecular formula is C18H25N5. The Morgan fingerprint density at radius 3 is 2.43 bits per heavy atom. The summed E-state index contributed by atoms with van der Waals surface area (Å²) in [4.78, 5) is 13.3. The SMILES string of the molecule is CCN1CCN(c2ccc(CNCc3cnccn3)cc2)CC1. The average Bonchev–Trinajstić information content (AvgIpc) is 2.63. The van der Waals surface area contributed by atoms with Gasteiger partial charge in [0.15, 0.2) is 0 Å². The van der Waals surface area contributed by atoms with E-state index in [0.717, 1.165) is 51.5 Å². The third kappa shape index (κ3) is 4.50. The van der Waals surface area contributed by atoms with Gasteiger partial charge in [-0.1, -0.05) is 19.1 Å². The van der Waals surface area contributed by atoms with Gasteiger partial charge in [-0.2, -0.15) is 0 Å². The lowest BCUT2D eigenvalue weighted by atomic mass is 10.1. The number of nitrogens with one attached hydrogen (secondary N) is 1. The molecule has 0 amide bonds. The highest BCUT2D eigenvalue weighted by Gasteiger charge is 2.15. The van der Waals surface area contributed by atoms with Crippen LogP contribution in [-0.2, 0) is 13.1 Å². The van der Waals surface area contributed by atoms with Crippen LogP contribution >= 0.6 is 0 Å². The Kier molecular flexibility index (Phi) is 5.56. The molecule has 0 aliphatic carbocycles. The lowest BCUT2D eigenvalue weighted by Gasteiger charge is -2.35.